The van der Waals surface area contributed by atoms with Gasteiger partial charge in [0, 0.05) is 6.04 Å². The van der Waals surface area contributed by atoms with Crippen molar-refractivity contribution >= 4 is 0 Å². The van der Waals surface area contributed by atoms with Crippen molar-refractivity contribution in [1.29, 1.82) is 0 Å². The Labute approximate surface area is 112 Å². The molecule has 98 valence electrons. The van der Waals surface area contributed by atoms with Gasteiger partial charge < -0.3 is 5.32 Å². The van der Waals surface area contributed by atoms with Crippen LogP contribution in [0.2, 0.25) is 0 Å². The zero-order valence-corrected chi connectivity index (χ0v) is 10.9. The Morgan fingerprint density at radius 3 is 2.84 bits per heavy atom. The topological polar surface area (TPSA) is 24.9 Å². The highest BCUT2D eigenvalue weighted by molar-refractivity contribution is 5.40. The first-order chi connectivity index (χ1) is 9.28. The Morgan fingerprint density at radius 2 is 2.16 bits per heavy atom. The third-order valence-corrected chi connectivity index (χ3v) is 3.94. The molecule has 0 fully saturated rings. The quantitative estimate of drug-likeness (QED) is 0.908. The summed E-state index contributed by atoms with van der Waals surface area (Å²) in [6.07, 6.45) is 3.43. The van der Waals surface area contributed by atoms with E-state index in [0.29, 0.717) is 5.92 Å². The fourth-order valence-corrected chi connectivity index (χ4v) is 2.84. The minimum atomic E-state index is -0.285. The Bertz CT molecular complexity index is 565. The van der Waals surface area contributed by atoms with Crippen LogP contribution in [0, 0.1) is 5.82 Å². The molecular weight excluding hydrogens is 239 g/mol. The summed E-state index contributed by atoms with van der Waals surface area (Å²) in [5.74, 6) is 0.299. The fourth-order valence-electron chi connectivity index (χ4n) is 2.84. The lowest BCUT2D eigenvalue weighted by molar-refractivity contribution is 0.444. The SMILES string of the molecule is CNC(CC1Cc2ccccc21)c1ccc(F)cn1. The van der Waals surface area contributed by atoms with E-state index in [4.69, 9.17) is 0 Å². The van der Waals surface area contributed by atoms with Crippen molar-refractivity contribution in [3.63, 3.8) is 0 Å². The average Bonchev–Trinajstić information content (AvgIpc) is 2.42. The van der Waals surface area contributed by atoms with Crippen molar-refractivity contribution < 1.29 is 4.39 Å². The third-order valence-electron chi connectivity index (χ3n) is 3.94. The van der Waals surface area contributed by atoms with E-state index in [2.05, 4.69) is 34.6 Å². The second-order valence-corrected chi connectivity index (χ2v) is 5.08. The molecule has 2 unspecified atom stereocenters. The number of aromatic nitrogens is 1. The highest BCUT2D eigenvalue weighted by Crippen LogP contribution is 2.40. The van der Waals surface area contributed by atoms with Crippen molar-refractivity contribution in [1.82, 2.24) is 10.3 Å². The zero-order chi connectivity index (χ0) is 13.2. The molecule has 1 heterocycles. The van der Waals surface area contributed by atoms with Gasteiger partial charge in [-0.3, -0.25) is 4.98 Å². The van der Waals surface area contributed by atoms with Crippen LogP contribution in [0.3, 0.4) is 0 Å². The van der Waals surface area contributed by atoms with Gasteiger partial charge >= 0.3 is 0 Å². The van der Waals surface area contributed by atoms with Crippen LogP contribution in [-0.4, -0.2) is 12.0 Å². The summed E-state index contributed by atoms with van der Waals surface area (Å²) in [5.41, 5.74) is 3.81. The van der Waals surface area contributed by atoms with Crippen LogP contribution in [-0.2, 0) is 6.42 Å². The molecule has 0 aliphatic heterocycles. The second kappa shape index (κ2) is 5.10. The lowest BCUT2D eigenvalue weighted by Gasteiger charge is -2.32. The minimum Gasteiger partial charge on any atom is -0.312 e. The lowest BCUT2D eigenvalue weighted by Crippen LogP contribution is -2.25. The molecule has 0 saturated heterocycles. The summed E-state index contributed by atoms with van der Waals surface area (Å²) in [4.78, 5) is 4.18. The molecule has 3 rings (SSSR count). The summed E-state index contributed by atoms with van der Waals surface area (Å²) < 4.78 is 12.9. The van der Waals surface area contributed by atoms with Crippen LogP contribution in [0.5, 0.6) is 0 Å². The molecule has 1 aromatic carbocycles. The van der Waals surface area contributed by atoms with E-state index in [1.165, 1.54) is 23.4 Å². The standard InChI is InChI=1S/C16H17FN2/c1-18-16(15-7-6-13(17)10-19-15)9-12-8-11-4-2-3-5-14(11)12/h2-7,10,12,16,18H,8-9H2,1H3. The summed E-state index contributed by atoms with van der Waals surface area (Å²) in [5, 5.41) is 3.28. The molecule has 1 N–H and O–H groups in total. The molecule has 1 aliphatic rings. The highest BCUT2D eigenvalue weighted by atomic mass is 19.1. The summed E-state index contributed by atoms with van der Waals surface area (Å²) >= 11 is 0. The largest absolute Gasteiger partial charge is 0.312 e. The second-order valence-electron chi connectivity index (χ2n) is 5.08. The van der Waals surface area contributed by atoms with Crippen molar-refractivity contribution in [2.75, 3.05) is 7.05 Å². The molecule has 0 amide bonds. The van der Waals surface area contributed by atoms with E-state index in [0.717, 1.165) is 18.5 Å². The molecule has 0 saturated carbocycles. The number of hydrogen-bond donors (Lipinski definition) is 1. The molecule has 0 radical (unpaired) electrons. The molecule has 19 heavy (non-hydrogen) atoms. The fraction of sp³-hybridized carbons (Fsp3) is 0.312. The number of hydrogen-bond acceptors (Lipinski definition) is 2. The van der Waals surface area contributed by atoms with Crippen molar-refractivity contribution in [3.05, 3.63) is 65.2 Å². The van der Waals surface area contributed by atoms with Gasteiger partial charge in [0.25, 0.3) is 0 Å². The van der Waals surface area contributed by atoms with E-state index >= 15 is 0 Å². The van der Waals surface area contributed by atoms with Crippen LogP contribution in [0.25, 0.3) is 0 Å². The van der Waals surface area contributed by atoms with Gasteiger partial charge in [-0.1, -0.05) is 24.3 Å². The van der Waals surface area contributed by atoms with Crippen molar-refractivity contribution in [2.45, 2.75) is 24.8 Å². The number of halogens is 1. The monoisotopic (exact) mass is 256 g/mol. The third kappa shape index (κ3) is 2.38. The number of benzene rings is 1. The van der Waals surface area contributed by atoms with E-state index in [9.17, 15) is 4.39 Å². The summed E-state index contributed by atoms with van der Waals surface area (Å²) in [6, 6.07) is 12.0. The van der Waals surface area contributed by atoms with E-state index in [1.807, 2.05) is 7.05 Å². The Morgan fingerprint density at radius 1 is 1.32 bits per heavy atom. The van der Waals surface area contributed by atoms with Crippen LogP contribution in [0.4, 0.5) is 4.39 Å². The normalized spacial score (nSPS) is 18.5. The van der Waals surface area contributed by atoms with Crippen LogP contribution >= 0.6 is 0 Å². The number of nitrogens with one attached hydrogen (secondary N) is 1. The number of nitrogens with zero attached hydrogens (tertiary/aromatic N) is 1. The summed E-state index contributed by atoms with van der Waals surface area (Å²) in [6.45, 7) is 0. The molecule has 1 aromatic heterocycles. The molecule has 1 aliphatic carbocycles. The average molecular weight is 256 g/mol. The molecule has 3 heteroatoms. The first-order valence-corrected chi connectivity index (χ1v) is 6.64. The predicted molar refractivity (Wildman–Crippen MR) is 73.5 cm³/mol. The van der Waals surface area contributed by atoms with E-state index in [1.54, 1.807) is 6.07 Å². The summed E-state index contributed by atoms with van der Waals surface area (Å²) in [7, 11) is 1.93. The van der Waals surface area contributed by atoms with Gasteiger partial charge in [0.15, 0.2) is 0 Å². The first-order valence-electron chi connectivity index (χ1n) is 6.64. The molecule has 0 spiro atoms. The maximum absolute atomic E-state index is 12.9. The van der Waals surface area contributed by atoms with Crippen molar-refractivity contribution in [3.8, 4) is 0 Å². The number of pyridine rings is 1. The smallest absolute Gasteiger partial charge is 0.141 e. The predicted octanol–water partition coefficient (Wildman–Crippen LogP) is 3.21. The molecule has 2 atom stereocenters. The number of rotatable bonds is 4. The highest BCUT2D eigenvalue weighted by Gasteiger charge is 2.28. The molecule has 2 aromatic rings. The Kier molecular flexibility index (Phi) is 3.30. The Balaban J connectivity index is 1.73. The zero-order valence-electron chi connectivity index (χ0n) is 10.9. The Hall–Kier alpha value is -1.74. The molecular formula is C16H17FN2. The van der Waals surface area contributed by atoms with Crippen molar-refractivity contribution in [2.24, 2.45) is 0 Å². The van der Waals surface area contributed by atoms with Crippen LogP contribution in [0.1, 0.15) is 35.2 Å². The maximum atomic E-state index is 12.9. The number of fused-ring (bicyclic) bond motifs is 1. The van der Waals surface area contributed by atoms with Gasteiger partial charge in [0.2, 0.25) is 0 Å². The first kappa shape index (κ1) is 12.3. The van der Waals surface area contributed by atoms with Gasteiger partial charge in [0.1, 0.15) is 5.82 Å². The van der Waals surface area contributed by atoms with Gasteiger partial charge in [-0.05, 0) is 49.1 Å². The van der Waals surface area contributed by atoms with Gasteiger partial charge in [0.05, 0.1) is 11.9 Å². The lowest BCUT2D eigenvalue weighted by atomic mass is 9.74. The van der Waals surface area contributed by atoms with Gasteiger partial charge in [-0.15, -0.1) is 0 Å². The molecule has 2 nitrogen and oxygen atoms in total. The van der Waals surface area contributed by atoms with Gasteiger partial charge in [-0.2, -0.15) is 0 Å². The van der Waals surface area contributed by atoms with E-state index < -0.39 is 0 Å². The van der Waals surface area contributed by atoms with E-state index in [-0.39, 0.29) is 11.9 Å². The molecule has 0 bridgehead atoms. The maximum Gasteiger partial charge on any atom is 0.141 e. The van der Waals surface area contributed by atoms with Gasteiger partial charge in [-0.25, -0.2) is 4.39 Å². The van der Waals surface area contributed by atoms with Crippen LogP contribution in [0.15, 0.2) is 42.6 Å². The minimum absolute atomic E-state index is 0.180. The van der Waals surface area contributed by atoms with Crippen LogP contribution < -0.4 is 5.32 Å².